The van der Waals surface area contributed by atoms with Gasteiger partial charge in [-0.15, -0.1) is 11.3 Å². The van der Waals surface area contributed by atoms with Crippen LogP contribution in [0.4, 0.5) is 0 Å². The summed E-state index contributed by atoms with van der Waals surface area (Å²) in [6.07, 6.45) is 6.82. The fourth-order valence-electron chi connectivity index (χ4n) is 1.90. The second kappa shape index (κ2) is 7.24. The zero-order valence-corrected chi connectivity index (χ0v) is 11.5. The van der Waals surface area contributed by atoms with Gasteiger partial charge in [-0.1, -0.05) is 13.0 Å². The Hall–Kier alpha value is -1.26. The van der Waals surface area contributed by atoms with Gasteiger partial charge in [-0.25, -0.2) is 4.98 Å². The van der Waals surface area contributed by atoms with Crippen LogP contribution in [0.5, 0.6) is 0 Å². The molecule has 18 heavy (non-hydrogen) atoms. The van der Waals surface area contributed by atoms with Crippen molar-refractivity contribution in [3.8, 4) is 0 Å². The van der Waals surface area contributed by atoms with Crippen LogP contribution in [0.2, 0.25) is 0 Å². The van der Waals surface area contributed by atoms with E-state index in [4.69, 9.17) is 0 Å². The fourth-order valence-corrected chi connectivity index (χ4v) is 2.60. The Morgan fingerprint density at radius 3 is 2.83 bits per heavy atom. The summed E-state index contributed by atoms with van der Waals surface area (Å²) in [4.78, 5) is 8.76. The molecule has 3 nitrogen and oxygen atoms in total. The molecule has 0 bridgehead atoms. The smallest absolute Gasteiger partial charge is 0.0940 e. The quantitative estimate of drug-likeness (QED) is 0.832. The van der Waals surface area contributed by atoms with E-state index in [-0.39, 0.29) is 0 Å². The van der Waals surface area contributed by atoms with Crippen molar-refractivity contribution in [1.29, 1.82) is 0 Å². The minimum absolute atomic E-state index is 0.422. The molecule has 0 aromatic carbocycles. The summed E-state index contributed by atoms with van der Waals surface area (Å²) in [6.45, 7) is 3.23. The lowest BCUT2D eigenvalue weighted by Gasteiger charge is -2.16. The van der Waals surface area contributed by atoms with Crippen LogP contribution in [-0.2, 0) is 12.8 Å². The van der Waals surface area contributed by atoms with Gasteiger partial charge in [0.15, 0.2) is 0 Å². The van der Waals surface area contributed by atoms with Gasteiger partial charge in [0, 0.05) is 42.4 Å². The predicted octanol–water partition coefficient (Wildman–Crippen LogP) is 2.69. The second-order valence-corrected chi connectivity index (χ2v) is 5.29. The van der Waals surface area contributed by atoms with E-state index >= 15 is 0 Å². The summed E-state index contributed by atoms with van der Waals surface area (Å²) in [6, 6.07) is 6.51. The van der Waals surface area contributed by atoms with E-state index in [0.29, 0.717) is 6.04 Å². The Morgan fingerprint density at radius 2 is 2.17 bits per heavy atom. The van der Waals surface area contributed by atoms with E-state index < -0.39 is 0 Å². The van der Waals surface area contributed by atoms with Crippen molar-refractivity contribution in [2.75, 3.05) is 6.54 Å². The fraction of sp³-hybridized carbons (Fsp3) is 0.429. The normalized spacial score (nSPS) is 12.5. The highest BCUT2D eigenvalue weighted by molar-refractivity contribution is 7.09. The van der Waals surface area contributed by atoms with Gasteiger partial charge in [0.2, 0.25) is 0 Å². The van der Waals surface area contributed by atoms with Crippen LogP contribution >= 0.6 is 11.3 Å². The lowest BCUT2D eigenvalue weighted by atomic mass is 10.1. The summed E-state index contributed by atoms with van der Waals surface area (Å²) in [5.74, 6) is 0. The Labute approximate surface area is 112 Å². The molecule has 2 aromatic rings. The lowest BCUT2D eigenvalue weighted by molar-refractivity contribution is 0.499. The van der Waals surface area contributed by atoms with Crippen molar-refractivity contribution in [3.05, 3.63) is 46.7 Å². The highest BCUT2D eigenvalue weighted by Crippen LogP contribution is 2.10. The van der Waals surface area contributed by atoms with Crippen molar-refractivity contribution >= 4 is 11.3 Å². The maximum atomic E-state index is 4.40. The maximum absolute atomic E-state index is 4.40. The molecule has 0 spiro atoms. The first-order chi connectivity index (χ1) is 8.88. The molecule has 0 aliphatic carbocycles. The van der Waals surface area contributed by atoms with E-state index in [1.807, 2.05) is 29.9 Å². The zero-order valence-electron chi connectivity index (χ0n) is 10.7. The van der Waals surface area contributed by atoms with Gasteiger partial charge >= 0.3 is 0 Å². The number of nitrogens with zero attached hydrogens (tertiary/aromatic N) is 2. The van der Waals surface area contributed by atoms with E-state index in [2.05, 4.69) is 28.3 Å². The van der Waals surface area contributed by atoms with Crippen molar-refractivity contribution in [2.45, 2.75) is 32.2 Å². The van der Waals surface area contributed by atoms with Gasteiger partial charge in [0.25, 0.3) is 0 Å². The molecule has 0 fully saturated rings. The third-order valence-electron chi connectivity index (χ3n) is 2.77. The zero-order chi connectivity index (χ0) is 12.6. The molecule has 1 atom stereocenters. The largest absolute Gasteiger partial charge is 0.313 e. The molecular weight excluding hydrogens is 242 g/mol. The molecule has 0 aliphatic rings. The molecule has 0 saturated carbocycles. The minimum atomic E-state index is 0.422. The maximum Gasteiger partial charge on any atom is 0.0940 e. The number of hydrogen-bond acceptors (Lipinski definition) is 4. The first-order valence-corrected chi connectivity index (χ1v) is 7.28. The van der Waals surface area contributed by atoms with Gasteiger partial charge in [-0.3, -0.25) is 4.98 Å². The van der Waals surface area contributed by atoms with Crippen LogP contribution in [-0.4, -0.2) is 22.6 Å². The van der Waals surface area contributed by atoms with Crippen LogP contribution < -0.4 is 5.32 Å². The lowest BCUT2D eigenvalue weighted by Crippen LogP contribution is -2.34. The van der Waals surface area contributed by atoms with Crippen LogP contribution in [0.3, 0.4) is 0 Å². The van der Waals surface area contributed by atoms with E-state index in [1.165, 1.54) is 5.01 Å². The first kappa shape index (κ1) is 13.2. The number of rotatable bonds is 7. The molecule has 0 amide bonds. The monoisotopic (exact) mass is 261 g/mol. The molecule has 1 unspecified atom stereocenters. The van der Waals surface area contributed by atoms with Gasteiger partial charge in [0.1, 0.15) is 0 Å². The van der Waals surface area contributed by atoms with Crippen LogP contribution in [0.15, 0.2) is 36.0 Å². The SMILES string of the molecule is CCCNC(Cc1ccccn1)Cc1nccs1. The average molecular weight is 261 g/mol. The van der Waals surface area contributed by atoms with Crippen molar-refractivity contribution in [1.82, 2.24) is 15.3 Å². The third-order valence-corrected chi connectivity index (χ3v) is 3.57. The van der Waals surface area contributed by atoms with E-state index in [9.17, 15) is 0 Å². The molecular formula is C14H19N3S. The number of hydrogen-bond donors (Lipinski definition) is 1. The Bertz CT molecular complexity index is 428. The van der Waals surface area contributed by atoms with Crippen LogP contribution in [0.25, 0.3) is 0 Å². The van der Waals surface area contributed by atoms with E-state index in [1.54, 1.807) is 11.3 Å². The standard InChI is InChI=1S/C14H19N3S/c1-2-6-15-13(11-14-17-8-9-18-14)10-12-5-3-4-7-16-12/h3-5,7-9,13,15H,2,6,10-11H2,1H3. The number of aromatic nitrogens is 2. The minimum Gasteiger partial charge on any atom is -0.313 e. The highest BCUT2D eigenvalue weighted by Gasteiger charge is 2.11. The number of pyridine rings is 1. The summed E-state index contributed by atoms with van der Waals surface area (Å²) >= 11 is 1.72. The summed E-state index contributed by atoms with van der Waals surface area (Å²) < 4.78 is 0. The van der Waals surface area contributed by atoms with E-state index in [0.717, 1.165) is 31.5 Å². The topological polar surface area (TPSA) is 37.8 Å². The molecule has 1 N–H and O–H groups in total. The van der Waals surface area contributed by atoms with Gasteiger partial charge in [-0.05, 0) is 25.1 Å². The second-order valence-electron chi connectivity index (χ2n) is 4.31. The Morgan fingerprint density at radius 1 is 1.22 bits per heavy atom. The van der Waals surface area contributed by atoms with Crippen molar-refractivity contribution in [3.63, 3.8) is 0 Å². The molecule has 96 valence electrons. The molecule has 2 heterocycles. The predicted molar refractivity (Wildman–Crippen MR) is 75.8 cm³/mol. The molecule has 0 saturated heterocycles. The molecule has 0 radical (unpaired) electrons. The highest BCUT2D eigenvalue weighted by atomic mass is 32.1. The van der Waals surface area contributed by atoms with Gasteiger partial charge in [0.05, 0.1) is 5.01 Å². The average Bonchev–Trinajstić information content (AvgIpc) is 2.90. The van der Waals surface area contributed by atoms with Crippen molar-refractivity contribution < 1.29 is 0 Å². The molecule has 2 aromatic heterocycles. The molecule has 4 heteroatoms. The first-order valence-electron chi connectivity index (χ1n) is 6.40. The molecule has 0 aliphatic heterocycles. The van der Waals surface area contributed by atoms with Gasteiger partial charge < -0.3 is 5.32 Å². The Balaban J connectivity index is 1.96. The number of thiazole rings is 1. The summed E-state index contributed by atoms with van der Waals surface area (Å²) in [5, 5.41) is 6.81. The van der Waals surface area contributed by atoms with Crippen LogP contribution in [0.1, 0.15) is 24.0 Å². The van der Waals surface area contributed by atoms with Crippen LogP contribution in [0, 0.1) is 0 Å². The third kappa shape index (κ3) is 4.20. The number of nitrogens with one attached hydrogen (secondary N) is 1. The summed E-state index contributed by atoms with van der Waals surface area (Å²) in [7, 11) is 0. The molecule has 2 rings (SSSR count). The Kier molecular flexibility index (Phi) is 5.30. The summed E-state index contributed by atoms with van der Waals surface area (Å²) in [5.41, 5.74) is 1.14. The van der Waals surface area contributed by atoms with Crippen molar-refractivity contribution in [2.24, 2.45) is 0 Å². The van der Waals surface area contributed by atoms with Gasteiger partial charge in [-0.2, -0.15) is 0 Å².